The van der Waals surface area contributed by atoms with Gasteiger partial charge in [-0.1, -0.05) is 24.3 Å². The van der Waals surface area contributed by atoms with Crippen molar-refractivity contribution in [2.45, 2.75) is 13.2 Å². The third kappa shape index (κ3) is 3.69. The number of ether oxygens (including phenoxy) is 1. The molecule has 0 fully saturated rings. The van der Waals surface area contributed by atoms with Crippen molar-refractivity contribution in [1.29, 1.82) is 0 Å². The minimum absolute atomic E-state index is 0.0682. The van der Waals surface area contributed by atoms with Crippen molar-refractivity contribution in [3.63, 3.8) is 0 Å². The van der Waals surface area contributed by atoms with Crippen LogP contribution in [0.5, 0.6) is 0 Å². The molecule has 0 spiro atoms. The van der Waals surface area contributed by atoms with E-state index in [9.17, 15) is 0 Å². The van der Waals surface area contributed by atoms with Crippen LogP contribution in [-0.4, -0.2) is 27.9 Å². The van der Waals surface area contributed by atoms with Crippen LogP contribution < -0.4 is 0 Å². The van der Waals surface area contributed by atoms with E-state index in [1.54, 1.807) is 12.5 Å². The molecule has 2 rings (SSSR count). The van der Waals surface area contributed by atoms with Crippen molar-refractivity contribution >= 4 is 0 Å². The highest BCUT2D eigenvalue weighted by molar-refractivity contribution is 5.22. The van der Waals surface area contributed by atoms with Crippen LogP contribution >= 0.6 is 0 Å². The zero-order chi connectivity index (χ0) is 11.9. The van der Waals surface area contributed by atoms with Crippen molar-refractivity contribution in [2.24, 2.45) is 0 Å². The number of hydrogen-bond donors (Lipinski definition) is 1. The van der Waals surface area contributed by atoms with Crippen LogP contribution in [0, 0.1) is 0 Å². The Labute approximate surface area is 100 Å². The van der Waals surface area contributed by atoms with E-state index in [1.165, 1.54) is 5.56 Å². The fourth-order valence-corrected chi connectivity index (χ4v) is 1.59. The van der Waals surface area contributed by atoms with Crippen LogP contribution in [0.3, 0.4) is 0 Å². The van der Waals surface area contributed by atoms with Gasteiger partial charge in [0, 0.05) is 18.9 Å². The van der Waals surface area contributed by atoms with E-state index in [4.69, 9.17) is 9.84 Å². The third-order valence-corrected chi connectivity index (χ3v) is 2.45. The number of aromatic nitrogens is 2. The van der Waals surface area contributed by atoms with Gasteiger partial charge in [0.1, 0.15) is 0 Å². The van der Waals surface area contributed by atoms with E-state index in [0.717, 1.165) is 12.1 Å². The molecule has 0 amide bonds. The summed E-state index contributed by atoms with van der Waals surface area (Å²) >= 11 is 0. The van der Waals surface area contributed by atoms with Crippen LogP contribution in [0.1, 0.15) is 11.1 Å². The van der Waals surface area contributed by atoms with Gasteiger partial charge < -0.3 is 14.4 Å². The molecule has 17 heavy (non-hydrogen) atoms. The van der Waals surface area contributed by atoms with Gasteiger partial charge >= 0.3 is 0 Å². The maximum atomic E-state index is 8.60. The van der Waals surface area contributed by atoms with Crippen molar-refractivity contribution in [3.05, 3.63) is 54.1 Å². The molecule has 0 unspecified atom stereocenters. The molecule has 1 aromatic carbocycles. The smallest absolute Gasteiger partial charge is 0.0949 e. The SMILES string of the molecule is OCCOCc1ccc(Cn2ccnc2)cc1. The average Bonchev–Trinajstić information content (AvgIpc) is 2.85. The zero-order valence-electron chi connectivity index (χ0n) is 9.62. The maximum Gasteiger partial charge on any atom is 0.0949 e. The highest BCUT2D eigenvalue weighted by Crippen LogP contribution is 2.07. The Morgan fingerprint density at radius 2 is 1.94 bits per heavy atom. The number of nitrogens with zero attached hydrogens (tertiary/aromatic N) is 2. The Balaban J connectivity index is 1.89. The summed E-state index contributed by atoms with van der Waals surface area (Å²) in [6.45, 7) is 1.83. The van der Waals surface area contributed by atoms with Gasteiger partial charge in [0.25, 0.3) is 0 Å². The van der Waals surface area contributed by atoms with Gasteiger partial charge in [-0.25, -0.2) is 4.98 Å². The molecule has 0 radical (unpaired) electrons. The number of imidazole rings is 1. The lowest BCUT2D eigenvalue weighted by Gasteiger charge is -2.05. The molecule has 90 valence electrons. The Bertz CT molecular complexity index is 423. The molecule has 1 heterocycles. The maximum absolute atomic E-state index is 8.60. The predicted octanol–water partition coefficient (Wildman–Crippen LogP) is 1.44. The standard InChI is InChI=1S/C13H16N2O2/c16-7-8-17-10-13-3-1-12(2-4-13)9-15-6-5-14-11-15/h1-6,11,16H,7-10H2. The van der Waals surface area contributed by atoms with Gasteiger partial charge in [-0.15, -0.1) is 0 Å². The molecule has 0 atom stereocenters. The molecule has 0 aliphatic rings. The fraction of sp³-hybridized carbons (Fsp3) is 0.308. The molecule has 4 heteroatoms. The minimum Gasteiger partial charge on any atom is -0.394 e. The highest BCUT2D eigenvalue weighted by Gasteiger charge is 1.96. The van der Waals surface area contributed by atoms with E-state index in [2.05, 4.69) is 17.1 Å². The van der Waals surface area contributed by atoms with Gasteiger partial charge in [0.2, 0.25) is 0 Å². The van der Waals surface area contributed by atoms with E-state index in [0.29, 0.717) is 13.2 Å². The minimum atomic E-state index is 0.0682. The highest BCUT2D eigenvalue weighted by atomic mass is 16.5. The van der Waals surface area contributed by atoms with Gasteiger partial charge in [-0.3, -0.25) is 0 Å². The van der Waals surface area contributed by atoms with Crippen molar-refractivity contribution in [2.75, 3.05) is 13.2 Å². The lowest BCUT2D eigenvalue weighted by molar-refractivity contribution is 0.0815. The average molecular weight is 232 g/mol. The van der Waals surface area contributed by atoms with E-state index in [-0.39, 0.29) is 6.61 Å². The number of hydrogen-bond acceptors (Lipinski definition) is 3. The molecule has 0 aliphatic carbocycles. The largest absolute Gasteiger partial charge is 0.394 e. The molecule has 0 saturated heterocycles. The normalized spacial score (nSPS) is 10.6. The summed E-state index contributed by atoms with van der Waals surface area (Å²) in [6, 6.07) is 8.25. The van der Waals surface area contributed by atoms with Crippen LogP contribution in [0.4, 0.5) is 0 Å². The van der Waals surface area contributed by atoms with Gasteiger partial charge in [-0.05, 0) is 11.1 Å². The second kappa shape index (κ2) is 6.18. The molecule has 1 N–H and O–H groups in total. The van der Waals surface area contributed by atoms with E-state index in [1.807, 2.05) is 22.9 Å². The molecule has 2 aromatic rings. The van der Waals surface area contributed by atoms with Gasteiger partial charge in [0.05, 0.1) is 26.1 Å². The summed E-state index contributed by atoms with van der Waals surface area (Å²) in [6.07, 6.45) is 5.52. The van der Waals surface area contributed by atoms with Crippen LogP contribution in [-0.2, 0) is 17.9 Å². The molecule has 0 bridgehead atoms. The lowest BCUT2D eigenvalue weighted by atomic mass is 10.1. The molecular formula is C13H16N2O2. The summed E-state index contributed by atoms with van der Waals surface area (Å²) in [7, 11) is 0. The van der Waals surface area contributed by atoms with Crippen LogP contribution in [0.15, 0.2) is 43.0 Å². The first-order valence-electron chi connectivity index (χ1n) is 5.60. The first-order valence-corrected chi connectivity index (χ1v) is 5.60. The van der Waals surface area contributed by atoms with Crippen LogP contribution in [0.25, 0.3) is 0 Å². The first-order chi connectivity index (χ1) is 8.38. The summed E-state index contributed by atoms with van der Waals surface area (Å²) in [4.78, 5) is 4.01. The molecule has 0 saturated carbocycles. The quantitative estimate of drug-likeness (QED) is 0.767. The summed E-state index contributed by atoms with van der Waals surface area (Å²) in [5, 5.41) is 8.60. The Morgan fingerprint density at radius 3 is 2.59 bits per heavy atom. The van der Waals surface area contributed by atoms with E-state index < -0.39 is 0 Å². The molecular weight excluding hydrogens is 216 g/mol. The number of rotatable bonds is 6. The fourth-order valence-electron chi connectivity index (χ4n) is 1.59. The topological polar surface area (TPSA) is 47.3 Å². The van der Waals surface area contributed by atoms with Crippen LogP contribution in [0.2, 0.25) is 0 Å². The first kappa shape index (κ1) is 11.8. The Morgan fingerprint density at radius 1 is 1.18 bits per heavy atom. The number of aliphatic hydroxyl groups is 1. The van der Waals surface area contributed by atoms with E-state index >= 15 is 0 Å². The predicted molar refractivity (Wildman–Crippen MR) is 64.5 cm³/mol. The van der Waals surface area contributed by atoms with Gasteiger partial charge in [-0.2, -0.15) is 0 Å². The molecule has 1 aromatic heterocycles. The Hall–Kier alpha value is -1.65. The Kier molecular flexibility index (Phi) is 4.30. The second-order valence-electron chi connectivity index (χ2n) is 3.83. The third-order valence-electron chi connectivity index (χ3n) is 2.45. The van der Waals surface area contributed by atoms with Crippen molar-refractivity contribution in [1.82, 2.24) is 9.55 Å². The number of aliphatic hydroxyl groups excluding tert-OH is 1. The monoisotopic (exact) mass is 232 g/mol. The molecule has 4 nitrogen and oxygen atoms in total. The zero-order valence-corrected chi connectivity index (χ0v) is 9.62. The van der Waals surface area contributed by atoms with Crippen molar-refractivity contribution < 1.29 is 9.84 Å². The number of benzene rings is 1. The lowest BCUT2D eigenvalue weighted by Crippen LogP contribution is -2.00. The van der Waals surface area contributed by atoms with Gasteiger partial charge in [0.15, 0.2) is 0 Å². The van der Waals surface area contributed by atoms with Crippen molar-refractivity contribution in [3.8, 4) is 0 Å². The molecule has 0 aliphatic heterocycles. The summed E-state index contributed by atoms with van der Waals surface area (Å²) in [5.74, 6) is 0. The second-order valence-corrected chi connectivity index (χ2v) is 3.83. The summed E-state index contributed by atoms with van der Waals surface area (Å²) in [5.41, 5.74) is 2.35. The summed E-state index contributed by atoms with van der Waals surface area (Å²) < 4.78 is 7.27.